The molecule has 10 heteroatoms. The molecule has 1 N–H and O–H groups in total. The lowest BCUT2D eigenvalue weighted by Crippen LogP contribution is -2.07. The number of fused-ring (bicyclic) bond motifs is 1. The number of nitrogens with zero attached hydrogens (tertiary/aromatic N) is 2. The lowest BCUT2D eigenvalue weighted by molar-refractivity contribution is 0.412. The predicted molar refractivity (Wildman–Crippen MR) is 66.6 cm³/mol. The van der Waals surface area contributed by atoms with Crippen LogP contribution in [0.4, 0.5) is 36.4 Å². The van der Waals surface area contributed by atoms with Crippen LogP contribution in [0.15, 0.2) is 11.8 Å². The highest BCUT2D eigenvalue weighted by Gasteiger charge is 2.30. The first-order chi connectivity index (χ1) is 11.3. The normalized spacial score (nSPS) is 10.2. The Morgan fingerprint density at radius 1 is 0.667 bits per heavy atom. The molecule has 0 aliphatic carbocycles. The van der Waals surface area contributed by atoms with Crippen molar-refractivity contribution in [2.75, 3.05) is 5.32 Å². The molecule has 0 aliphatic rings. The Balaban J connectivity index is 2.90. The topological polar surface area (TPSA) is 59.6 Å². The summed E-state index contributed by atoms with van der Waals surface area (Å²) >= 11 is 0. The number of hydrogen-bond acceptors (Lipinski definition) is 3. The number of halogens is 7. The van der Waals surface area contributed by atoms with Crippen LogP contribution in [0.25, 0.3) is 10.8 Å². The van der Waals surface area contributed by atoms with Gasteiger partial charge in [0.15, 0.2) is 40.7 Å². The van der Waals surface area contributed by atoms with Crippen LogP contribution in [-0.4, -0.2) is 0 Å². The van der Waals surface area contributed by atoms with Gasteiger partial charge in [-0.3, -0.25) is 0 Å². The maximum atomic E-state index is 14.2. The minimum atomic E-state index is -2.44. The van der Waals surface area contributed by atoms with Crippen molar-refractivity contribution in [3.63, 3.8) is 0 Å². The average molecular weight is 345 g/mol. The zero-order valence-electron chi connectivity index (χ0n) is 11.1. The van der Waals surface area contributed by atoms with E-state index in [1.807, 2.05) is 0 Å². The molecule has 0 radical (unpaired) electrons. The standard InChI is InChI=1S/C14H2F7N3/c15-7-5-6(8(16)12(20)11(7)19)10(18)14(13(21)9(5)17)24-3-4(1-22)2-23/h3,24H. The van der Waals surface area contributed by atoms with Crippen LogP contribution in [-0.2, 0) is 0 Å². The molecule has 0 aliphatic heterocycles. The molecule has 0 unspecified atom stereocenters. The molecule has 0 fully saturated rings. The van der Waals surface area contributed by atoms with Crippen molar-refractivity contribution >= 4 is 16.5 Å². The summed E-state index contributed by atoms with van der Waals surface area (Å²) in [5.41, 5.74) is -2.11. The lowest BCUT2D eigenvalue weighted by Gasteiger charge is -2.12. The SMILES string of the molecule is N#CC(C#N)=CNc1c(F)c(F)c2c(F)c(F)c(F)c(F)c2c1F. The zero-order valence-corrected chi connectivity index (χ0v) is 11.1. The van der Waals surface area contributed by atoms with Crippen molar-refractivity contribution in [1.82, 2.24) is 0 Å². The summed E-state index contributed by atoms with van der Waals surface area (Å²) in [6.07, 6.45) is 0.459. The van der Waals surface area contributed by atoms with E-state index in [2.05, 4.69) is 0 Å². The lowest BCUT2D eigenvalue weighted by atomic mass is 10.1. The van der Waals surface area contributed by atoms with Crippen LogP contribution in [0.5, 0.6) is 0 Å². The molecule has 0 saturated heterocycles. The summed E-state index contributed by atoms with van der Waals surface area (Å²) in [6, 6.07) is 2.61. The van der Waals surface area contributed by atoms with Gasteiger partial charge in [-0.2, -0.15) is 10.5 Å². The summed E-state index contributed by atoms with van der Waals surface area (Å²) in [4.78, 5) is 0. The second-order valence-electron chi connectivity index (χ2n) is 4.25. The van der Waals surface area contributed by atoms with E-state index in [0.29, 0.717) is 6.20 Å². The number of hydrogen-bond donors (Lipinski definition) is 1. The van der Waals surface area contributed by atoms with E-state index < -0.39 is 62.8 Å². The number of nitriles is 2. The van der Waals surface area contributed by atoms with Gasteiger partial charge in [-0.05, 0) is 0 Å². The third kappa shape index (κ3) is 2.38. The Kier molecular flexibility index (Phi) is 4.33. The molecule has 2 rings (SSSR count). The maximum Gasteiger partial charge on any atom is 0.198 e. The fourth-order valence-electron chi connectivity index (χ4n) is 1.85. The third-order valence-electron chi connectivity index (χ3n) is 2.94. The summed E-state index contributed by atoms with van der Waals surface area (Å²) in [7, 11) is 0. The first-order valence-corrected chi connectivity index (χ1v) is 5.85. The molecular formula is C14H2F7N3. The van der Waals surface area contributed by atoms with E-state index in [4.69, 9.17) is 10.5 Å². The Labute approximate surface area is 128 Å². The van der Waals surface area contributed by atoms with Crippen molar-refractivity contribution in [2.45, 2.75) is 0 Å². The summed E-state index contributed by atoms with van der Waals surface area (Å²) < 4.78 is 95.3. The van der Waals surface area contributed by atoms with Gasteiger partial charge in [-0.1, -0.05) is 0 Å². The summed E-state index contributed by atoms with van der Waals surface area (Å²) in [6.45, 7) is 0. The Hall–Kier alpha value is -3.27. The van der Waals surface area contributed by atoms with Gasteiger partial charge in [-0.15, -0.1) is 0 Å². The van der Waals surface area contributed by atoms with Gasteiger partial charge in [0.05, 0.1) is 10.8 Å². The van der Waals surface area contributed by atoms with E-state index in [9.17, 15) is 30.7 Å². The zero-order chi connectivity index (χ0) is 18.2. The van der Waals surface area contributed by atoms with E-state index in [1.54, 1.807) is 5.32 Å². The number of anilines is 1. The van der Waals surface area contributed by atoms with Crippen LogP contribution in [0.1, 0.15) is 0 Å². The molecule has 0 bridgehead atoms. The van der Waals surface area contributed by atoms with Crippen molar-refractivity contribution in [1.29, 1.82) is 10.5 Å². The van der Waals surface area contributed by atoms with Crippen molar-refractivity contribution in [3.05, 3.63) is 52.5 Å². The van der Waals surface area contributed by atoms with Crippen molar-refractivity contribution in [3.8, 4) is 12.1 Å². The van der Waals surface area contributed by atoms with Gasteiger partial charge >= 0.3 is 0 Å². The maximum absolute atomic E-state index is 14.2. The highest BCUT2D eigenvalue weighted by Crippen LogP contribution is 2.36. The Morgan fingerprint density at radius 2 is 1.08 bits per heavy atom. The molecule has 0 spiro atoms. The molecule has 0 saturated carbocycles. The number of nitrogens with one attached hydrogen (secondary N) is 1. The second-order valence-corrected chi connectivity index (χ2v) is 4.25. The highest BCUT2D eigenvalue weighted by atomic mass is 19.2. The van der Waals surface area contributed by atoms with E-state index in [0.717, 1.165) is 0 Å². The van der Waals surface area contributed by atoms with Crippen LogP contribution in [0, 0.1) is 63.4 Å². The smallest absolute Gasteiger partial charge is 0.198 e. The fourth-order valence-corrected chi connectivity index (χ4v) is 1.85. The number of benzene rings is 2. The fraction of sp³-hybridized carbons (Fsp3) is 0. The average Bonchev–Trinajstić information content (AvgIpc) is 2.57. The van der Waals surface area contributed by atoms with Crippen molar-refractivity contribution in [2.24, 2.45) is 0 Å². The molecule has 24 heavy (non-hydrogen) atoms. The summed E-state index contributed by atoms with van der Waals surface area (Å²) in [5, 5.41) is 15.2. The molecular weight excluding hydrogens is 343 g/mol. The monoisotopic (exact) mass is 345 g/mol. The van der Waals surface area contributed by atoms with Gasteiger partial charge in [0.25, 0.3) is 0 Å². The van der Waals surface area contributed by atoms with Gasteiger partial charge in [0.2, 0.25) is 0 Å². The second kappa shape index (κ2) is 6.08. The molecule has 0 amide bonds. The molecule has 2 aromatic carbocycles. The largest absolute Gasteiger partial charge is 0.355 e. The van der Waals surface area contributed by atoms with Gasteiger partial charge < -0.3 is 5.32 Å². The van der Waals surface area contributed by atoms with Crippen LogP contribution in [0.3, 0.4) is 0 Å². The van der Waals surface area contributed by atoms with E-state index in [1.165, 1.54) is 12.1 Å². The van der Waals surface area contributed by atoms with Crippen LogP contribution < -0.4 is 5.32 Å². The first-order valence-electron chi connectivity index (χ1n) is 5.85. The molecule has 122 valence electrons. The van der Waals surface area contributed by atoms with Gasteiger partial charge in [0.1, 0.15) is 23.4 Å². The highest BCUT2D eigenvalue weighted by molar-refractivity contribution is 5.89. The van der Waals surface area contributed by atoms with Crippen molar-refractivity contribution < 1.29 is 30.7 Å². The van der Waals surface area contributed by atoms with Crippen LogP contribution >= 0.6 is 0 Å². The third-order valence-corrected chi connectivity index (χ3v) is 2.94. The quantitative estimate of drug-likeness (QED) is 0.385. The molecule has 2 aromatic rings. The Bertz CT molecular complexity index is 967. The van der Waals surface area contributed by atoms with Gasteiger partial charge in [-0.25, -0.2) is 30.7 Å². The van der Waals surface area contributed by atoms with E-state index in [-0.39, 0.29) is 0 Å². The summed E-state index contributed by atoms with van der Waals surface area (Å²) in [5.74, 6) is -15.7. The predicted octanol–water partition coefficient (Wildman–Crippen LogP) is 4.16. The molecule has 0 heterocycles. The first kappa shape index (κ1) is 17.1. The molecule has 3 nitrogen and oxygen atoms in total. The number of allylic oxidation sites excluding steroid dienone is 1. The van der Waals surface area contributed by atoms with E-state index >= 15 is 0 Å². The number of rotatable bonds is 2. The minimum Gasteiger partial charge on any atom is -0.355 e. The molecule has 0 atom stereocenters. The Morgan fingerprint density at radius 3 is 1.54 bits per heavy atom. The minimum absolute atomic E-state index is 0.459. The van der Waals surface area contributed by atoms with Crippen LogP contribution in [0.2, 0.25) is 0 Å². The molecule has 0 aromatic heterocycles. The van der Waals surface area contributed by atoms with Gasteiger partial charge in [0, 0.05) is 6.20 Å².